The second-order valence-electron chi connectivity index (χ2n) is 10.7. The summed E-state index contributed by atoms with van der Waals surface area (Å²) in [5.41, 5.74) is 7.98. The number of hydrazine groups is 1. The van der Waals surface area contributed by atoms with Gasteiger partial charge in [-0.05, 0) is 57.2 Å². The number of allylic oxidation sites excluding steroid dienone is 1. The SMILES string of the molecule is CC.CC(F)/C(=C(/N)COc1ccc(Cl)c2c1C(C)N(C(=O)C1CCCC1C(=O)O)CC2)N(C)N.CN1CCCC1=O. The first kappa shape index (κ1) is 35.1. The topological polar surface area (TPSA) is 142 Å². The van der Waals surface area contributed by atoms with Crippen LogP contribution in [0.5, 0.6) is 5.75 Å². The molecule has 42 heavy (non-hydrogen) atoms. The molecule has 0 aromatic heterocycles. The zero-order chi connectivity index (χ0) is 31.7. The van der Waals surface area contributed by atoms with Gasteiger partial charge in [0.05, 0.1) is 29.3 Å². The normalized spacial score (nSPS) is 22.6. The summed E-state index contributed by atoms with van der Waals surface area (Å²) < 4.78 is 19.9. The van der Waals surface area contributed by atoms with E-state index in [2.05, 4.69) is 0 Å². The van der Waals surface area contributed by atoms with Gasteiger partial charge in [-0.3, -0.25) is 14.4 Å². The van der Waals surface area contributed by atoms with Crippen LogP contribution in [0.3, 0.4) is 0 Å². The van der Waals surface area contributed by atoms with Crippen molar-refractivity contribution in [3.63, 3.8) is 0 Å². The number of rotatable bonds is 7. The van der Waals surface area contributed by atoms with Gasteiger partial charge >= 0.3 is 5.97 Å². The molecule has 2 aliphatic heterocycles. The van der Waals surface area contributed by atoms with Gasteiger partial charge in [0.2, 0.25) is 11.8 Å². The van der Waals surface area contributed by atoms with Gasteiger partial charge in [-0.15, -0.1) is 0 Å². The van der Waals surface area contributed by atoms with Crippen LogP contribution in [0, 0.1) is 11.8 Å². The van der Waals surface area contributed by atoms with Crippen molar-refractivity contribution in [3.8, 4) is 5.75 Å². The molecular weight excluding hydrogens is 565 g/mol. The minimum Gasteiger partial charge on any atom is -0.487 e. The van der Waals surface area contributed by atoms with E-state index in [4.69, 9.17) is 27.9 Å². The second-order valence-corrected chi connectivity index (χ2v) is 11.1. The van der Waals surface area contributed by atoms with Crippen molar-refractivity contribution in [1.82, 2.24) is 14.8 Å². The Balaban J connectivity index is 0.000000590. The molecule has 4 unspecified atom stereocenters. The predicted octanol–water partition coefficient (Wildman–Crippen LogP) is 4.26. The van der Waals surface area contributed by atoms with Crippen LogP contribution < -0.4 is 16.3 Å². The molecule has 10 nitrogen and oxygen atoms in total. The summed E-state index contributed by atoms with van der Waals surface area (Å²) in [6.45, 7) is 8.53. The van der Waals surface area contributed by atoms with Crippen LogP contribution in [0.2, 0.25) is 5.02 Å². The fraction of sp³-hybridized carbons (Fsp3) is 0.633. The zero-order valence-corrected chi connectivity index (χ0v) is 26.4. The highest BCUT2D eigenvalue weighted by molar-refractivity contribution is 6.31. The molecule has 2 heterocycles. The standard InChI is InChI=1S/C23H32ClFN4O4.C5H9NO.C2H6/c1-12(25)21(28(3)27)18(26)11-33-19-8-7-17(24)16-9-10-29(13(2)20(16)19)22(30)14-5-4-6-15(14)23(31)32;1-6-4-2-3-5(6)7;1-2/h7-8,12-15H,4-6,9-11,26-27H2,1-3H3,(H,31,32);2-4H2,1H3;1-2H3/b21-18-;;. The molecule has 4 atom stereocenters. The summed E-state index contributed by atoms with van der Waals surface area (Å²) in [5, 5.41) is 11.2. The van der Waals surface area contributed by atoms with E-state index in [1.807, 2.05) is 27.8 Å². The van der Waals surface area contributed by atoms with Gasteiger partial charge in [0.1, 0.15) is 18.5 Å². The average molecular weight is 612 g/mol. The van der Waals surface area contributed by atoms with E-state index in [0.717, 1.165) is 41.9 Å². The van der Waals surface area contributed by atoms with Crippen LogP contribution >= 0.6 is 11.6 Å². The Kier molecular flexibility index (Phi) is 13.4. The minimum absolute atomic E-state index is 0.0937. The average Bonchev–Trinajstić information content (AvgIpc) is 3.58. The maximum atomic E-state index is 13.9. The Labute approximate surface area is 253 Å². The van der Waals surface area contributed by atoms with Gasteiger partial charge in [-0.2, -0.15) is 0 Å². The zero-order valence-electron chi connectivity index (χ0n) is 25.7. The number of carboxylic acid groups (broad SMARTS) is 1. The first-order valence-corrected chi connectivity index (χ1v) is 15.0. The highest BCUT2D eigenvalue weighted by Crippen LogP contribution is 2.42. The third-order valence-corrected chi connectivity index (χ3v) is 8.31. The third-order valence-electron chi connectivity index (χ3n) is 7.96. The fourth-order valence-corrected chi connectivity index (χ4v) is 6.14. The van der Waals surface area contributed by atoms with E-state index in [1.165, 1.54) is 14.0 Å². The van der Waals surface area contributed by atoms with Crippen LogP contribution in [-0.2, 0) is 20.8 Å². The molecule has 2 fully saturated rings. The summed E-state index contributed by atoms with van der Waals surface area (Å²) in [6, 6.07) is 3.07. The van der Waals surface area contributed by atoms with Crippen molar-refractivity contribution in [2.45, 2.75) is 78.4 Å². The Bertz CT molecular complexity index is 1140. The molecule has 12 heteroatoms. The molecule has 1 aromatic rings. The molecule has 5 N–H and O–H groups in total. The number of nitrogens with two attached hydrogens (primary N) is 2. The van der Waals surface area contributed by atoms with Crippen LogP contribution in [0.15, 0.2) is 23.5 Å². The van der Waals surface area contributed by atoms with E-state index < -0.39 is 24.0 Å². The number of carbonyl (C=O) groups excluding carboxylic acids is 2. The second kappa shape index (κ2) is 16.0. The summed E-state index contributed by atoms with van der Waals surface area (Å²) in [7, 11) is 3.34. The molecular formula is C30H47ClFN5O5. The largest absolute Gasteiger partial charge is 0.487 e. The Morgan fingerprint density at radius 1 is 1.19 bits per heavy atom. The van der Waals surface area contributed by atoms with Gasteiger partial charge in [0.15, 0.2) is 0 Å². The Hall–Kier alpha value is -3.05. The number of ether oxygens (including phenoxy) is 1. The molecule has 1 aliphatic carbocycles. The lowest BCUT2D eigenvalue weighted by Gasteiger charge is -2.38. The molecule has 1 saturated carbocycles. The lowest BCUT2D eigenvalue weighted by Crippen LogP contribution is -2.44. The van der Waals surface area contributed by atoms with Crippen LogP contribution in [0.25, 0.3) is 0 Å². The van der Waals surface area contributed by atoms with E-state index >= 15 is 0 Å². The van der Waals surface area contributed by atoms with Crippen molar-refractivity contribution >= 4 is 29.4 Å². The Morgan fingerprint density at radius 2 is 1.83 bits per heavy atom. The number of nitrogens with zero attached hydrogens (tertiary/aromatic N) is 3. The lowest BCUT2D eigenvalue weighted by atomic mass is 9.89. The van der Waals surface area contributed by atoms with Crippen LogP contribution in [0.1, 0.15) is 77.0 Å². The number of benzene rings is 1. The number of likely N-dealkylation sites (tertiary alicyclic amines) is 1. The van der Waals surface area contributed by atoms with Crippen molar-refractivity contribution in [1.29, 1.82) is 0 Å². The number of aliphatic carboxylic acids is 1. The maximum Gasteiger partial charge on any atom is 0.307 e. The molecule has 0 spiro atoms. The molecule has 236 valence electrons. The molecule has 0 bridgehead atoms. The summed E-state index contributed by atoms with van der Waals surface area (Å²) in [6.07, 6.45) is 2.78. The van der Waals surface area contributed by atoms with Crippen molar-refractivity contribution in [2.75, 3.05) is 33.8 Å². The van der Waals surface area contributed by atoms with E-state index in [0.29, 0.717) is 42.5 Å². The molecule has 2 amide bonds. The quantitative estimate of drug-likeness (QED) is 0.307. The molecule has 0 radical (unpaired) electrons. The summed E-state index contributed by atoms with van der Waals surface area (Å²) >= 11 is 6.45. The highest BCUT2D eigenvalue weighted by Gasteiger charge is 2.42. The summed E-state index contributed by atoms with van der Waals surface area (Å²) in [5.74, 6) is 4.23. The van der Waals surface area contributed by atoms with Crippen molar-refractivity contribution in [3.05, 3.63) is 39.7 Å². The van der Waals surface area contributed by atoms with Crippen molar-refractivity contribution in [2.24, 2.45) is 23.4 Å². The number of fused-ring (bicyclic) bond motifs is 1. The molecule has 1 aromatic carbocycles. The highest BCUT2D eigenvalue weighted by atomic mass is 35.5. The predicted molar refractivity (Wildman–Crippen MR) is 161 cm³/mol. The van der Waals surface area contributed by atoms with Crippen LogP contribution in [-0.4, -0.2) is 77.7 Å². The number of halogens is 2. The van der Waals surface area contributed by atoms with E-state index in [-0.39, 0.29) is 29.9 Å². The smallest absolute Gasteiger partial charge is 0.307 e. The molecule has 3 aliphatic rings. The van der Waals surface area contributed by atoms with E-state index in [1.54, 1.807) is 21.9 Å². The van der Waals surface area contributed by atoms with Gasteiger partial charge in [-0.1, -0.05) is 31.9 Å². The van der Waals surface area contributed by atoms with Crippen LogP contribution in [0.4, 0.5) is 4.39 Å². The first-order chi connectivity index (χ1) is 19.8. The number of hydrogen-bond donors (Lipinski definition) is 3. The fourth-order valence-electron chi connectivity index (χ4n) is 5.88. The monoisotopic (exact) mass is 611 g/mol. The number of alkyl halides is 1. The van der Waals surface area contributed by atoms with Gasteiger partial charge < -0.3 is 30.4 Å². The maximum absolute atomic E-state index is 13.9. The number of carbonyl (C=O) groups is 3. The van der Waals surface area contributed by atoms with E-state index in [9.17, 15) is 23.9 Å². The molecule has 4 rings (SSSR count). The molecule has 1 saturated heterocycles. The lowest BCUT2D eigenvalue weighted by molar-refractivity contribution is -0.150. The van der Waals surface area contributed by atoms with Gasteiger partial charge in [-0.25, -0.2) is 10.2 Å². The number of amides is 2. The van der Waals surface area contributed by atoms with Gasteiger partial charge in [0.25, 0.3) is 0 Å². The first-order valence-electron chi connectivity index (χ1n) is 14.7. The minimum atomic E-state index is -1.37. The summed E-state index contributed by atoms with van der Waals surface area (Å²) in [4.78, 5) is 38.9. The van der Waals surface area contributed by atoms with Crippen molar-refractivity contribution < 1.29 is 28.6 Å². The Morgan fingerprint density at radius 3 is 2.33 bits per heavy atom. The number of hydrogen-bond acceptors (Lipinski definition) is 7. The third kappa shape index (κ3) is 8.28. The number of carboxylic acids is 1. The van der Waals surface area contributed by atoms with Gasteiger partial charge in [0, 0.05) is 44.2 Å².